The summed E-state index contributed by atoms with van der Waals surface area (Å²) in [5.41, 5.74) is 1.13. The number of piperazine rings is 1. The van der Waals surface area contributed by atoms with Crippen LogP contribution in [0.1, 0.15) is 27.4 Å². The molecule has 0 spiro atoms. The van der Waals surface area contributed by atoms with Crippen molar-refractivity contribution in [2.45, 2.75) is 33.9 Å². The van der Waals surface area contributed by atoms with Crippen molar-refractivity contribution in [3.05, 3.63) is 38.0 Å². The zero-order valence-electron chi connectivity index (χ0n) is 15.3. The molecule has 0 saturated carbocycles. The molecular formula is C18H27N5S2. The van der Waals surface area contributed by atoms with Crippen LogP contribution < -0.4 is 5.32 Å². The Morgan fingerprint density at radius 3 is 2.68 bits per heavy atom. The first kappa shape index (κ1) is 18.4. The third kappa shape index (κ3) is 5.03. The average molecular weight is 378 g/mol. The summed E-state index contributed by atoms with van der Waals surface area (Å²) in [5.74, 6) is 1.02. The van der Waals surface area contributed by atoms with Crippen LogP contribution in [-0.2, 0) is 13.1 Å². The van der Waals surface area contributed by atoms with Gasteiger partial charge in [0.1, 0.15) is 5.01 Å². The number of hydrogen-bond donors (Lipinski definition) is 1. The Kier molecular flexibility index (Phi) is 6.45. The molecule has 2 aromatic heterocycles. The van der Waals surface area contributed by atoms with Gasteiger partial charge in [0.15, 0.2) is 5.96 Å². The zero-order chi connectivity index (χ0) is 17.6. The maximum atomic E-state index is 4.83. The van der Waals surface area contributed by atoms with Crippen molar-refractivity contribution in [1.82, 2.24) is 20.1 Å². The third-order valence-corrected chi connectivity index (χ3v) is 6.32. The second-order valence-electron chi connectivity index (χ2n) is 6.26. The van der Waals surface area contributed by atoms with Crippen molar-refractivity contribution in [3.8, 4) is 0 Å². The Morgan fingerprint density at radius 2 is 2.08 bits per heavy atom. The molecule has 7 heteroatoms. The molecule has 0 unspecified atom stereocenters. The van der Waals surface area contributed by atoms with Crippen LogP contribution in [0.25, 0.3) is 0 Å². The molecule has 2 aromatic rings. The van der Waals surface area contributed by atoms with Crippen LogP contribution >= 0.6 is 22.7 Å². The molecule has 25 heavy (non-hydrogen) atoms. The van der Waals surface area contributed by atoms with E-state index >= 15 is 0 Å². The third-order valence-electron chi connectivity index (χ3n) is 4.40. The van der Waals surface area contributed by atoms with Gasteiger partial charge in [0.2, 0.25) is 0 Å². The average Bonchev–Trinajstić information content (AvgIpc) is 3.22. The quantitative estimate of drug-likeness (QED) is 0.642. The number of nitrogens with zero attached hydrogens (tertiary/aromatic N) is 4. The molecular weight excluding hydrogens is 350 g/mol. The maximum Gasteiger partial charge on any atom is 0.194 e. The van der Waals surface area contributed by atoms with Crippen LogP contribution in [0.5, 0.6) is 0 Å². The van der Waals surface area contributed by atoms with Gasteiger partial charge < -0.3 is 10.2 Å². The molecule has 0 bridgehead atoms. The summed E-state index contributed by atoms with van der Waals surface area (Å²) < 4.78 is 0. The molecule has 1 aliphatic heterocycles. The van der Waals surface area contributed by atoms with Gasteiger partial charge in [-0.25, -0.2) is 9.98 Å². The number of guanidine groups is 1. The maximum absolute atomic E-state index is 4.83. The van der Waals surface area contributed by atoms with E-state index in [1.807, 2.05) is 11.3 Å². The van der Waals surface area contributed by atoms with Gasteiger partial charge in [-0.3, -0.25) is 4.90 Å². The number of thiazole rings is 1. The molecule has 1 fully saturated rings. The minimum Gasteiger partial charge on any atom is -0.357 e. The fraction of sp³-hybridized carbons (Fsp3) is 0.556. The fourth-order valence-corrected chi connectivity index (χ4v) is 4.52. The predicted molar refractivity (Wildman–Crippen MR) is 108 cm³/mol. The van der Waals surface area contributed by atoms with E-state index in [1.54, 1.807) is 11.3 Å². The van der Waals surface area contributed by atoms with Crippen LogP contribution in [0.2, 0.25) is 0 Å². The number of aryl methyl sites for hydroxylation is 2. The standard InChI is InChI=1S/C18H27N5S2/c1-4-19-18(20-12-17-21-14(2)15(3)25-17)23-9-7-22(8-10-23)13-16-6-5-11-24-16/h5-6,11H,4,7-10,12-13H2,1-3H3,(H,19,20). The first-order valence-corrected chi connectivity index (χ1v) is 10.6. The number of thiophene rings is 1. The second kappa shape index (κ2) is 8.78. The summed E-state index contributed by atoms with van der Waals surface area (Å²) in [6, 6.07) is 4.36. The Hall–Kier alpha value is -1.44. The lowest BCUT2D eigenvalue weighted by Crippen LogP contribution is -2.52. The minimum atomic E-state index is 0.664. The Labute approximate surface area is 158 Å². The number of aromatic nitrogens is 1. The zero-order valence-corrected chi connectivity index (χ0v) is 16.9. The van der Waals surface area contributed by atoms with E-state index < -0.39 is 0 Å². The monoisotopic (exact) mass is 377 g/mol. The lowest BCUT2D eigenvalue weighted by Gasteiger charge is -2.36. The number of hydrogen-bond acceptors (Lipinski definition) is 5. The van der Waals surface area contributed by atoms with E-state index in [0.717, 1.165) is 55.9 Å². The molecule has 3 heterocycles. The summed E-state index contributed by atoms with van der Waals surface area (Å²) >= 11 is 3.60. The summed E-state index contributed by atoms with van der Waals surface area (Å²) in [7, 11) is 0. The van der Waals surface area contributed by atoms with Crippen molar-refractivity contribution < 1.29 is 0 Å². The highest BCUT2D eigenvalue weighted by Gasteiger charge is 2.20. The first-order chi connectivity index (χ1) is 12.2. The van der Waals surface area contributed by atoms with E-state index in [0.29, 0.717) is 6.54 Å². The van der Waals surface area contributed by atoms with Crippen molar-refractivity contribution in [2.75, 3.05) is 32.7 Å². The summed E-state index contributed by atoms with van der Waals surface area (Å²) in [4.78, 5) is 17.1. The van der Waals surface area contributed by atoms with E-state index in [2.05, 4.69) is 58.4 Å². The fourth-order valence-electron chi connectivity index (χ4n) is 2.92. The molecule has 1 saturated heterocycles. The van der Waals surface area contributed by atoms with Crippen LogP contribution in [0.3, 0.4) is 0 Å². The van der Waals surface area contributed by atoms with E-state index in [4.69, 9.17) is 4.99 Å². The van der Waals surface area contributed by atoms with Gasteiger partial charge in [-0.1, -0.05) is 6.07 Å². The van der Waals surface area contributed by atoms with Crippen molar-refractivity contribution in [2.24, 2.45) is 4.99 Å². The van der Waals surface area contributed by atoms with Gasteiger partial charge in [-0.2, -0.15) is 0 Å². The molecule has 0 amide bonds. The predicted octanol–water partition coefficient (Wildman–Crippen LogP) is 3.10. The molecule has 136 valence electrons. The molecule has 0 atom stereocenters. The highest BCUT2D eigenvalue weighted by Crippen LogP contribution is 2.17. The van der Waals surface area contributed by atoms with Crippen LogP contribution in [-0.4, -0.2) is 53.5 Å². The van der Waals surface area contributed by atoms with Crippen molar-refractivity contribution in [1.29, 1.82) is 0 Å². The topological polar surface area (TPSA) is 43.8 Å². The Balaban J connectivity index is 1.56. The van der Waals surface area contributed by atoms with Gasteiger partial charge >= 0.3 is 0 Å². The van der Waals surface area contributed by atoms with Crippen LogP contribution in [0, 0.1) is 13.8 Å². The molecule has 5 nitrogen and oxygen atoms in total. The molecule has 0 aliphatic carbocycles. The van der Waals surface area contributed by atoms with Crippen LogP contribution in [0.4, 0.5) is 0 Å². The number of nitrogens with one attached hydrogen (secondary N) is 1. The van der Waals surface area contributed by atoms with Gasteiger partial charge in [-0.05, 0) is 32.2 Å². The van der Waals surface area contributed by atoms with Crippen LogP contribution in [0.15, 0.2) is 22.5 Å². The van der Waals surface area contributed by atoms with Gasteiger partial charge in [-0.15, -0.1) is 22.7 Å². The molecule has 0 aromatic carbocycles. The Morgan fingerprint density at radius 1 is 1.28 bits per heavy atom. The first-order valence-electron chi connectivity index (χ1n) is 8.86. The van der Waals surface area contributed by atoms with E-state index in [-0.39, 0.29) is 0 Å². The molecule has 0 radical (unpaired) electrons. The lowest BCUT2D eigenvalue weighted by molar-refractivity contribution is 0.173. The molecule has 3 rings (SSSR count). The highest BCUT2D eigenvalue weighted by atomic mass is 32.1. The molecule has 1 N–H and O–H groups in total. The summed E-state index contributed by atoms with van der Waals surface area (Å²) in [5, 5.41) is 6.70. The number of aliphatic imine (C=N–C) groups is 1. The normalized spacial score (nSPS) is 16.4. The number of rotatable bonds is 5. The van der Waals surface area contributed by atoms with Gasteiger partial charge in [0.05, 0.1) is 12.2 Å². The summed E-state index contributed by atoms with van der Waals surface area (Å²) in [6.07, 6.45) is 0. The highest BCUT2D eigenvalue weighted by molar-refractivity contribution is 7.11. The largest absolute Gasteiger partial charge is 0.357 e. The summed E-state index contributed by atoms with van der Waals surface area (Å²) in [6.45, 7) is 13.1. The Bertz CT molecular complexity index is 665. The second-order valence-corrected chi connectivity index (χ2v) is 8.58. The van der Waals surface area contributed by atoms with Gasteiger partial charge in [0, 0.05) is 49.0 Å². The van der Waals surface area contributed by atoms with Gasteiger partial charge in [0.25, 0.3) is 0 Å². The van der Waals surface area contributed by atoms with Crippen molar-refractivity contribution >= 4 is 28.6 Å². The SMILES string of the molecule is CCNC(=NCc1nc(C)c(C)s1)N1CCN(Cc2cccs2)CC1. The van der Waals surface area contributed by atoms with E-state index in [1.165, 1.54) is 9.75 Å². The minimum absolute atomic E-state index is 0.664. The lowest BCUT2D eigenvalue weighted by atomic mass is 10.3. The smallest absolute Gasteiger partial charge is 0.194 e. The van der Waals surface area contributed by atoms with Crippen molar-refractivity contribution in [3.63, 3.8) is 0 Å². The molecule has 1 aliphatic rings. The van der Waals surface area contributed by atoms with E-state index in [9.17, 15) is 0 Å².